The number of hydrogen-bond acceptors (Lipinski definition) is 3. The Morgan fingerprint density at radius 1 is 1.12 bits per heavy atom. The number of alkyl halides is 2. The van der Waals surface area contributed by atoms with Gasteiger partial charge >= 0.3 is 6.61 Å². The molecule has 0 spiro atoms. The molecule has 0 bridgehead atoms. The summed E-state index contributed by atoms with van der Waals surface area (Å²) in [5, 5.41) is 0. The molecule has 24 heavy (non-hydrogen) atoms. The van der Waals surface area contributed by atoms with Crippen molar-refractivity contribution in [1.82, 2.24) is 10.9 Å². The second-order valence-electron chi connectivity index (χ2n) is 5.76. The van der Waals surface area contributed by atoms with Crippen LogP contribution in [0.15, 0.2) is 54.6 Å². The second kappa shape index (κ2) is 7.40. The van der Waals surface area contributed by atoms with Gasteiger partial charge in [-0.2, -0.15) is 8.78 Å². The quantitative estimate of drug-likeness (QED) is 0.884. The van der Waals surface area contributed by atoms with Gasteiger partial charge < -0.3 is 4.74 Å². The molecule has 1 heterocycles. The molecule has 0 aliphatic carbocycles. The number of halogens is 2. The van der Waals surface area contributed by atoms with Crippen LogP contribution >= 0.6 is 0 Å². The Kier molecular flexibility index (Phi) is 5.05. The van der Waals surface area contributed by atoms with Gasteiger partial charge in [0.15, 0.2) is 0 Å². The number of carbonyl (C=O) groups excluding carboxylic acids is 1. The Balaban J connectivity index is 1.70. The topological polar surface area (TPSA) is 50.4 Å². The molecule has 2 aromatic rings. The number of benzene rings is 2. The normalized spacial score (nSPS) is 20.7. The second-order valence-corrected chi connectivity index (χ2v) is 5.76. The van der Waals surface area contributed by atoms with Crippen molar-refractivity contribution in [3.63, 3.8) is 0 Å². The molecule has 1 saturated heterocycles. The fraction of sp³-hybridized carbons (Fsp3) is 0.278. The molecule has 2 unspecified atom stereocenters. The van der Waals surface area contributed by atoms with Crippen LogP contribution in [0, 0.1) is 5.92 Å². The van der Waals surface area contributed by atoms with E-state index in [1.807, 2.05) is 36.4 Å². The standard InChI is InChI=1S/C18H18F2N2O2/c19-18(20)24-15-8-4-5-12(10-15)9-14-11-16(21-22-17(14)23)13-6-2-1-3-7-13/h1-8,10,14,16,18,21H,9,11H2,(H,22,23). The smallest absolute Gasteiger partial charge is 0.387 e. The lowest BCUT2D eigenvalue weighted by molar-refractivity contribution is -0.129. The molecular weight excluding hydrogens is 314 g/mol. The maximum absolute atomic E-state index is 12.3. The summed E-state index contributed by atoms with van der Waals surface area (Å²) in [4.78, 5) is 12.1. The fourth-order valence-electron chi connectivity index (χ4n) is 2.92. The van der Waals surface area contributed by atoms with Crippen LogP contribution in [-0.4, -0.2) is 12.5 Å². The van der Waals surface area contributed by atoms with Crippen molar-refractivity contribution in [2.75, 3.05) is 0 Å². The molecule has 2 atom stereocenters. The third-order valence-electron chi connectivity index (χ3n) is 4.07. The van der Waals surface area contributed by atoms with E-state index in [9.17, 15) is 13.6 Å². The molecule has 0 saturated carbocycles. The number of hydrazine groups is 1. The van der Waals surface area contributed by atoms with Gasteiger partial charge in [0.25, 0.3) is 0 Å². The first-order valence-corrected chi connectivity index (χ1v) is 7.76. The van der Waals surface area contributed by atoms with Crippen LogP contribution in [0.3, 0.4) is 0 Å². The number of carbonyl (C=O) groups is 1. The van der Waals surface area contributed by atoms with Gasteiger partial charge in [0, 0.05) is 5.92 Å². The summed E-state index contributed by atoms with van der Waals surface area (Å²) < 4.78 is 29.0. The van der Waals surface area contributed by atoms with Crippen molar-refractivity contribution in [2.24, 2.45) is 5.92 Å². The summed E-state index contributed by atoms with van der Waals surface area (Å²) in [6, 6.07) is 16.4. The van der Waals surface area contributed by atoms with Crippen LogP contribution in [-0.2, 0) is 11.2 Å². The van der Waals surface area contributed by atoms with E-state index in [4.69, 9.17) is 0 Å². The summed E-state index contributed by atoms with van der Waals surface area (Å²) in [5.41, 5.74) is 7.61. The van der Waals surface area contributed by atoms with Gasteiger partial charge in [0.05, 0.1) is 6.04 Å². The van der Waals surface area contributed by atoms with Crippen LogP contribution in [0.2, 0.25) is 0 Å². The highest BCUT2D eigenvalue weighted by Crippen LogP contribution is 2.27. The SMILES string of the molecule is O=C1NNC(c2ccccc2)CC1Cc1cccc(OC(F)F)c1. The highest BCUT2D eigenvalue weighted by Gasteiger charge is 2.29. The van der Waals surface area contributed by atoms with E-state index < -0.39 is 6.61 Å². The lowest BCUT2D eigenvalue weighted by Gasteiger charge is -2.30. The van der Waals surface area contributed by atoms with Crippen LogP contribution in [0.4, 0.5) is 8.78 Å². The first-order chi connectivity index (χ1) is 11.6. The van der Waals surface area contributed by atoms with E-state index in [2.05, 4.69) is 15.6 Å². The molecule has 1 amide bonds. The first-order valence-electron chi connectivity index (χ1n) is 7.76. The average molecular weight is 332 g/mol. The first kappa shape index (κ1) is 16.4. The van der Waals surface area contributed by atoms with Crippen molar-refractivity contribution in [3.8, 4) is 5.75 Å². The summed E-state index contributed by atoms with van der Waals surface area (Å²) in [6.45, 7) is -2.86. The van der Waals surface area contributed by atoms with Crippen molar-refractivity contribution in [2.45, 2.75) is 25.5 Å². The van der Waals surface area contributed by atoms with E-state index >= 15 is 0 Å². The molecule has 2 aromatic carbocycles. The van der Waals surface area contributed by atoms with Gasteiger partial charge in [-0.15, -0.1) is 0 Å². The molecule has 1 fully saturated rings. The molecular formula is C18H18F2N2O2. The third kappa shape index (κ3) is 4.08. The molecule has 126 valence electrons. The number of ether oxygens (including phenoxy) is 1. The Bertz CT molecular complexity index is 694. The van der Waals surface area contributed by atoms with E-state index in [1.165, 1.54) is 6.07 Å². The zero-order valence-electron chi connectivity index (χ0n) is 12.9. The van der Waals surface area contributed by atoms with E-state index in [1.54, 1.807) is 12.1 Å². The number of rotatable bonds is 5. The highest BCUT2D eigenvalue weighted by molar-refractivity contribution is 5.79. The molecule has 2 N–H and O–H groups in total. The highest BCUT2D eigenvalue weighted by atomic mass is 19.3. The monoisotopic (exact) mass is 332 g/mol. The van der Waals surface area contributed by atoms with Crippen LogP contribution in [0.25, 0.3) is 0 Å². The largest absolute Gasteiger partial charge is 0.435 e. The maximum atomic E-state index is 12.3. The number of nitrogens with one attached hydrogen (secondary N) is 2. The summed E-state index contributed by atoms with van der Waals surface area (Å²) in [6.07, 6.45) is 1.10. The van der Waals surface area contributed by atoms with Gasteiger partial charge in [-0.25, -0.2) is 5.43 Å². The van der Waals surface area contributed by atoms with Crippen molar-refractivity contribution in [1.29, 1.82) is 0 Å². The average Bonchev–Trinajstić information content (AvgIpc) is 2.57. The Morgan fingerprint density at radius 2 is 1.92 bits per heavy atom. The van der Waals surface area contributed by atoms with Crippen LogP contribution in [0.5, 0.6) is 5.75 Å². The number of hydrogen-bond donors (Lipinski definition) is 2. The van der Waals surface area contributed by atoms with Crippen molar-refractivity contribution < 1.29 is 18.3 Å². The Labute approximate surface area is 138 Å². The van der Waals surface area contributed by atoms with Crippen LogP contribution in [0.1, 0.15) is 23.6 Å². The van der Waals surface area contributed by atoms with Gasteiger partial charge in [-0.1, -0.05) is 42.5 Å². The minimum absolute atomic E-state index is 0.0226. The van der Waals surface area contributed by atoms with Gasteiger partial charge in [0.1, 0.15) is 5.75 Å². The van der Waals surface area contributed by atoms with Crippen molar-refractivity contribution in [3.05, 3.63) is 65.7 Å². The third-order valence-corrected chi connectivity index (χ3v) is 4.07. The molecule has 1 aliphatic heterocycles. The molecule has 0 aromatic heterocycles. The predicted molar refractivity (Wildman–Crippen MR) is 85.3 cm³/mol. The minimum Gasteiger partial charge on any atom is -0.435 e. The predicted octanol–water partition coefficient (Wildman–Crippen LogP) is 3.21. The van der Waals surface area contributed by atoms with Crippen molar-refractivity contribution >= 4 is 5.91 Å². The minimum atomic E-state index is -2.86. The van der Waals surface area contributed by atoms with Gasteiger partial charge in [-0.3, -0.25) is 10.2 Å². The zero-order chi connectivity index (χ0) is 16.9. The summed E-state index contributed by atoms with van der Waals surface area (Å²) >= 11 is 0. The molecule has 6 heteroatoms. The lowest BCUT2D eigenvalue weighted by Crippen LogP contribution is -2.49. The van der Waals surface area contributed by atoms with Gasteiger partial charge in [0.2, 0.25) is 5.91 Å². The molecule has 3 rings (SSSR count). The van der Waals surface area contributed by atoms with E-state index in [-0.39, 0.29) is 23.6 Å². The Morgan fingerprint density at radius 3 is 2.67 bits per heavy atom. The number of amides is 1. The fourth-order valence-corrected chi connectivity index (χ4v) is 2.92. The molecule has 1 aliphatic rings. The molecule has 4 nitrogen and oxygen atoms in total. The van der Waals surface area contributed by atoms with E-state index in [0.29, 0.717) is 12.8 Å². The lowest BCUT2D eigenvalue weighted by atomic mass is 9.88. The summed E-state index contributed by atoms with van der Waals surface area (Å²) in [7, 11) is 0. The van der Waals surface area contributed by atoms with Crippen LogP contribution < -0.4 is 15.6 Å². The summed E-state index contributed by atoms with van der Waals surface area (Å²) in [5.74, 6) is -0.225. The Hall–Kier alpha value is -2.47. The zero-order valence-corrected chi connectivity index (χ0v) is 12.9. The molecule has 0 radical (unpaired) electrons. The van der Waals surface area contributed by atoms with Gasteiger partial charge in [-0.05, 0) is 36.1 Å². The maximum Gasteiger partial charge on any atom is 0.387 e. The van der Waals surface area contributed by atoms with E-state index in [0.717, 1.165) is 11.1 Å².